The molecule has 2 rings (SSSR count). The largest absolute Gasteiger partial charge is 0.480 e. The average molecular weight is 309 g/mol. The molecule has 0 saturated heterocycles. The molecule has 0 saturated carbocycles. The maximum atomic E-state index is 13.9. The van der Waals surface area contributed by atoms with Crippen molar-refractivity contribution in [2.75, 3.05) is 7.05 Å². The minimum atomic E-state index is -1.04. The van der Waals surface area contributed by atoms with Crippen molar-refractivity contribution < 1.29 is 19.1 Å². The molecule has 1 N–H and O–H groups in total. The van der Waals surface area contributed by atoms with Crippen LogP contribution in [0.1, 0.15) is 28.6 Å². The third-order valence-corrected chi connectivity index (χ3v) is 4.80. The van der Waals surface area contributed by atoms with E-state index in [1.165, 1.54) is 29.4 Å². The molecule has 21 heavy (non-hydrogen) atoms. The maximum Gasteiger partial charge on any atom is 0.326 e. The van der Waals surface area contributed by atoms with Crippen LogP contribution in [-0.4, -0.2) is 35.0 Å². The van der Waals surface area contributed by atoms with Gasteiger partial charge in [0.05, 0.1) is 4.88 Å². The quantitative estimate of drug-likeness (QED) is 0.943. The van der Waals surface area contributed by atoms with Crippen LogP contribution in [0.3, 0.4) is 0 Å². The van der Waals surface area contributed by atoms with E-state index in [4.69, 9.17) is 5.11 Å². The smallest absolute Gasteiger partial charge is 0.326 e. The van der Waals surface area contributed by atoms with Crippen molar-refractivity contribution >= 4 is 33.3 Å². The van der Waals surface area contributed by atoms with Gasteiger partial charge in [-0.1, -0.05) is 13.0 Å². The van der Waals surface area contributed by atoms with E-state index in [-0.39, 0.29) is 11.7 Å². The number of aryl methyl sites for hydroxylation is 1. The molecule has 0 spiro atoms. The molecular formula is C15H16FNO3S. The van der Waals surface area contributed by atoms with Crippen molar-refractivity contribution in [2.24, 2.45) is 0 Å². The number of hydrogen-bond acceptors (Lipinski definition) is 3. The van der Waals surface area contributed by atoms with Crippen LogP contribution in [0.4, 0.5) is 4.39 Å². The lowest BCUT2D eigenvalue weighted by molar-refractivity contribution is -0.142. The number of halogens is 1. The van der Waals surface area contributed by atoms with Crippen molar-refractivity contribution in [2.45, 2.75) is 26.3 Å². The molecule has 1 unspecified atom stereocenters. The minimum absolute atomic E-state index is 0.315. The van der Waals surface area contributed by atoms with E-state index >= 15 is 0 Å². The first-order valence-electron chi connectivity index (χ1n) is 6.56. The number of benzene rings is 1. The average Bonchev–Trinajstić information content (AvgIpc) is 2.76. The number of thiophene rings is 1. The predicted octanol–water partition coefficient (Wildman–Crippen LogP) is 3.28. The number of fused-ring (bicyclic) bond motifs is 1. The summed E-state index contributed by atoms with van der Waals surface area (Å²) in [7, 11) is 1.46. The fraction of sp³-hybridized carbons (Fsp3) is 0.333. The number of carbonyl (C=O) groups is 2. The molecule has 0 aliphatic heterocycles. The lowest BCUT2D eigenvalue weighted by Crippen LogP contribution is -2.41. The topological polar surface area (TPSA) is 57.6 Å². The molecule has 0 aliphatic carbocycles. The Bertz CT molecular complexity index is 710. The van der Waals surface area contributed by atoms with E-state index in [1.807, 2.05) is 0 Å². The van der Waals surface area contributed by atoms with Gasteiger partial charge in [-0.25, -0.2) is 9.18 Å². The number of carboxylic acids is 1. The van der Waals surface area contributed by atoms with Crippen LogP contribution in [0.15, 0.2) is 18.2 Å². The zero-order valence-corrected chi connectivity index (χ0v) is 12.8. The second-order valence-electron chi connectivity index (χ2n) is 4.85. The number of nitrogens with zero attached hydrogens (tertiary/aromatic N) is 1. The minimum Gasteiger partial charge on any atom is -0.480 e. The first-order chi connectivity index (χ1) is 9.88. The molecule has 1 aromatic heterocycles. The van der Waals surface area contributed by atoms with E-state index in [2.05, 4.69) is 0 Å². The number of carboxylic acid groups (broad SMARTS) is 1. The molecule has 0 aliphatic rings. The van der Waals surface area contributed by atoms with E-state index in [1.54, 1.807) is 26.0 Å². The van der Waals surface area contributed by atoms with Crippen LogP contribution >= 0.6 is 11.3 Å². The molecule has 2 aromatic rings. The molecule has 1 amide bonds. The summed E-state index contributed by atoms with van der Waals surface area (Å²) in [6.45, 7) is 3.39. The molecule has 4 nitrogen and oxygen atoms in total. The van der Waals surface area contributed by atoms with Crippen molar-refractivity contribution in [1.82, 2.24) is 4.90 Å². The Labute approximate surface area is 125 Å². The fourth-order valence-electron chi connectivity index (χ4n) is 2.37. The SMILES string of the molecule is CCC(C(=O)O)N(C)C(=O)c1sc2cccc(F)c2c1C. The van der Waals surface area contributed by atoms with Gasteiger partial charge in [0.2, 0.25) is 0 Å². The second kappa shape index (κ2) is 5.81. The summed E-state index contributed by atoms with van der Waals surface area (Å²) in [5.41, 5.74) is 0.560. The highest BCUT2D eigenvalue weighted by Crippen LogP contribution is 2.33. The Morgan fingerprint density at radius 2 is 2.10 bits per heavy atom. The van der Waals surface area contributed by atoms with Gasteiger partial charge in [0.25, 0.3) is 5.91 Å². The standard InChI is InChI=1S/C15H16FNO3S/c1-4-10(15(19)20)17(3)14(18)13-8(2)12-9(16)6-5-7-11(12)21-13/h5-7,10H,4H2,1-3H3,(H,19,20). The van der Waals surface area contributed by atoms with Crippen LogP contribution in [0.25, 0.3) is 10.1 Å². The number of carbonyl (C=O) groups excluding carboxylic acids is 1. The van der Waals surface area contributed by atoms with Crippen molar-refractivity contribution in [3.63, 3.8) is 0 Å². The Balaban J connectivity index is 2.47. The zero-order chi connectivity index (χ0) is 15.7. The van der Waals surface area contributed by atoms with Crippen molar-refractivity contribution in [1.29, 1.82) is 0 Å². The normalized spacial score (nSPS) is 12.4. The van der Waals surface area contributed by atoms with Gasteiger partial charge >= 0.3 is 5.97 Å². The summed E-state index contributed by atoms with van der Waals surface area (Å²) in [6, 6.07) is 3.82. The van der Waals surface area contributed by atoms with Gasteiger partial charge in [-0.3, -0.25) is 4.79 Å². The summed E-state index contributed by atoms with van der Waals surface area (Å²) in [4.78, 5) is 25.3. The summed E-state index contributed by atoms with van der Waals surface area (Å²) < 4.78 is 14.6. The highest BCUT2D eigenvalue weighted by Gasteiger charge is 2.28. The van der Waals surface area contributed by atoms with Crippen LogP contribution in [0.5, 0.6) is 0 Å². The third kappa shape index (κ3) is 2.63. The van der Waals surface area contributed by atoms with Gasteiger partial charge in [0.1, 0.15) is 11.9 Å². The fourth-order valence-corrected chi connectivity index (χ4v) is 3.58. The molecule has 0 fully saturated rings. The summed E-state index contributed by atoms with van der Waals surface area (Å²) in [6.07, 6.45) is 0.315. The molecular weight excluding hydrogens is 293 g/mol. The molecule has 112 valence electrons. The van der Waals surface area contributed by atoms with Gasteiger partial charge in [0, 0.05) is 17.1 Å². The van der Waals surface area contributed by atoms with Crippen LogP contribution in [0, 0.1) is 12.7 Å². The monoisotopic (exact) mass is 309 g/mol. The van der Waals surface area contributed by atoms with Crippen LogP contribution < -0.4 is 0 Å². The molecule has 0 bridgehead atoms. The molecule has 1 atom stereocenters. The van der Waals surface area contributed by atoms with E-state index in [0.29, 0.717) is 26.9 Å². The number of aliphatic carboxylic acids is 1. The van der Waals surface area contributed by atoms with Crippen LogP contribution in [-0.2, 0) is 4.79 Å². The number of rotatable bonds is 4. The second-order valence-corrected chi connectivity index (χ2v) is 5.90. The first kappa shape index (κ1) is 15.4. The van der Waals surface area contributed by atoms with E-state index in [9.17, 15) is 14.0 Å². The summed E-state index contributed by atoms with van der Waals surface area (Å²) in [5.74, 6) is -1.80. The van der Waals surface area contributed by atoms with E-state index < -0.39 is 12.0 Å². The van der Waals surface area contributed by atoms with Crippen LogP contribution in [0.2, 0.25) is 0 Å². The van der Waals surface area contributed by atoms with Gasteiger partial charge < -0.3 is 10.0 Å². The lowest BCUT2D eigenvalue weighted by atomic mass is 10.1. The highest BCUT2D eigenvalue weighted by atomic mass is 32.1. The lowest BCUT2D eigenvalue weighted by Gasteiger charge is -2.23. The molecule has 0 radical (unpaired) electrons. The Hall–Kier alpha value is -1.95. The first-order valence-corrected chi connectivity index (χ1v) is 7.37. The maximum absolute atomic E-state index is 13.9. The molecule has 6 heteroatoms. The van der Waals surface area contributed by atoms with Gasteiger partial charge in [-0.05, 0) is 31.0 Å². The highest BCUT2D eigenvalue weighted by molar-refractivity contribution is 7.21. The summed E-state index contributed by atoms with van der Waals surface area (Å²) in [5, 5.41) is 9.58. The number of likely N-dealkylation sites (N-methyl/N-ethyl adjacent to an activating group) is 1. The molecule has 1 heterocycles. The number of amides is 1. The summed E-state index contributed by atoms with van der Waals surface area (Å²) >= 11 is 1.19. The number of hydrogen-bond donors (Lipinski definition) is 1. The van der Waals surface area contributed by atoms with Gasteiger partial charge in [0.15, 0.2) is 0 Å². The Kier molecular flexibility index (Phi) is 4.27. The Morgan fingerprint density at radius 1 is 1.43 bits per heavy atom. The van der Waals surface area contributed by atoms with E-state index in [0.717, 1.165) is 0 Å². The Morgan fingerprint density at radius 3 is 2.62 bits per heavy atom. The van der Waals surface area contributed by atoms with Crippen molar-refractivity contribution in [3.05, 3.63) is 34.5 Å². The zero-order valence-electron chi connectivity index (χ0n) is 12.0. The third-order valence-electron chi connectivity index (χ3n) is 3.56. The van der Waals surface area contributed by atoms with Gasteiger partial charge in [-0.2, -0.15) is 0 Å². The van der Waals surface area contributed by atoms with Crippen molar-refractivity contribution in [3.8, 4) is 0 Å². The molecule has 1 aromatic carbocycles. The predicted molar refractivity (Wildman–Crippen MR) is 80.3 cm³/mol. The van der Waals surface area contributed by atoms with Gasteiger partial charge in [-0.15, -0.1) is 11.3 Å².